The Morgan fingerprint density at radius 3 is 2.76 bits per heavy atom. The number of piperidine rings is 1. The first-order valence-corrected chi connectivity index (χ1v) is 8.29. The summed E-state index contributed by atoms with van der Waals surface area (Å²) in [4.78, 5) is 10.4. The first-order valence-electron chi connectivity index (χ1n) is 6.85. The minimum Gasteiger partial charge on any atom is -0.329 e. The maximum atomic E-state index is 12.8. The Kier molecular flexibility index (Phi) is 4.60. The zero-order valence-electron chi connectivity index (χ0n) is 11.9. The molecule has 1 aliphatic heterocycles. The van der Waals surface area contributed by atoms with Crippen LogP contribution in [0.3, 0.4) is 0 Å². The highest BCUT2D eigenvalue weighted by Crippen LogP contribution is 2.30. The largest absolute Gasteiger partial charge is 0.329 e. The van der Waals surface area contributed by atoms with E-state index in [4.69, 9.17) is 5.73 Å². The molecule has 0 aliphatic carbocycles. The summed E-state index contributed by atoms with van der Waals surface area (Å²) in [6.07, 6.45) is 2.45. The van der Waals surface area contributed by atoms with Crippen LogP contribution in [0.15, 0.2) is 23.1 Å². The minimum absolute atomic E-state index is 0.00273. The molecule has 1 unspecified atom stereocenters. The monoisotopic (exact) mass is 313 g/mol. The number of sulfonamides is 1. The normalized spacial score (nSPS) is 20.4. The molecule has 2 rings (SSSR count). The van der Waals surface area contributed by atoms with Crippen LogP contribution < -0.4 is 5.73 Å². The highest BCUT2D eigenvalue weighted by Gasteiger charge is 2.34. The molecule has 1 fully saturated rings. The van der Waals surface area contributed by atoms with Gasteiger partial charge in [-0.05, 0) is 25.8 Å². The predicted octanol–water partition coefficient (Wildman–Crippen LogP) is 1.41. The second-order valence-electron chi connectivity index (χ2n) is 5.16. The zero-order chi connectivity index (χ0) is 15.6. The van der Waals surface area contributed by atoms with Gasteiger partial charge in [-0.15, -0.1) is 0 Å². The Morgan fingerprint density at radius 2 is 2.14 bits per heavy atom. The lowest BCUT2D eigenvalue weighted by atomic mass is 10.1. The highest BCUT2D eigenvalue weighted by molar-refractivity contribution is 7.89. The topological polar surface area (TPSA) is 107 Å². The van der Waals surface area contributed by atoms with Crippen molar-refractivity contribution in [3.05, 3.63) is 33.9 Å². The summed E-state index contributed by atoms with van der Waals surface area (Å²) in [6.45, 7) is 2.13. The average molecular weight is 313 g/mol. The molecule has 116 valence electrons. The van der Waals surface area contributed by atoms with E-state index in [2.05, 4.69) is 0 Å². The Labute approximate surface area is 123 Å². The molecule has 1 aliphatic rings. The molecule has 1 heterocycles. The first-order chi connectivity index (χ1) is 9.89. The molecule has 1 aromatic rings. The van der Waals surface area contributed by atoms with Gasteiger partial charge in [0.15, 0.2) is 0 Å². The molecule has 21 heavy (non-hydrogen) atoms. The fourth-order valence-corrected chi connectivity index (χ4v) is 4.68. The van der Waals surface area contributed by atoms with Gasteiger partial charge in [0.25, 0.3) is 5.69 Å². The number of nitro benzene ring substituents is 1. The van der Waals surface area contributed by atoms with E-state index in [0.717, 1.165) is 19.3 Å². The van der Waals surface area contributed by atoms with E-state index in [1.165, 1.54) is 29.4 Å². The molecular weight excluding hydrogens is 294 g/mol. The molecule has 7 nitrogen and oxygen atoms in total. The van der Waals surface area contributed by atoms with Crippen molar-refractivity contribution in [2.75, 3.05) is 13.1 Å². The molecule has 8 heteroatoms. The summed E-state index contributed by atoms with van der Waals surface area (Å²) in [6, 6.07) is 3.90. The summed E-state index contributed by atoms with van der Waals surface area (Å²) in [5, 5.41) is 11.0. The van der Waals surface area contributed by atoms with E-state index in [0.29, 0.717) is 6.54 Å². The van der Waals surface area contributed by atoms with Crippen LogP contribution >= 0.6 is 0 Å². The van der Waals surface area contributed by atoms with Crippen LogP contribution in [-0.2, 0) is 10.0 Å². The molecule has 0 radical (unpaired) electrons. The van der Waals surface area contributed by atoms with Crippen LogP contribution in [0.4, 0.5) is 5.69 Å². The fraction of sp³-hybridized carbons (Fsp3) is 0.538. The maximum Gasteiger partial charge on any atom is 0.273 e. The second kappa shape index (κ2) is 6.08. The molecule has 1 atom stereocenters. The lowest BCUT2D eigenvalue weighted by molar-refractivity contribution is -0.385. The SMILES string of the molecule is Cc1c([N+](=O)[O-])cccc1S(=O)(=O)N1CCCCC1CN. The van der Waals surface area contributed by atoms with Crippen LogP contribution in [0.2, 0.25) is 0 Å². The Bertz CT molecular complexity index is 645. The molecule has 0 bridgehead atoms. The van der Waals surface area contributed by atoms with Gasteiger partial charge in [-0.2, -0.15) is 4.31 Å². The number of nitrogens with zero attached hydrogens (tertiary/aromatic N) is 2. The molecule has 1 saturated heterocycles. The standard InChI is InChI=1S/C13H19N3O4S/c1-10-12(16(17)18)6-4-7-13(10)21(19,20)15-8-3-2-5-11(15)9-14/h4,6-7,11H,2-3,5,8-9,14H2,1H3. The zero-order valence-corrected chi connectivity index (χ0v) is 12.7. The highest BCUT2D eigenvalue weighted by atomic mass is 32.2. The van der Waals surface area contributed by atoms with Gasteiger partial charge in [0, 0.05) is 30.8 Å². The van der Waals surface area contributed by atoms with Gasteiger partial charge < -0.3 is 5.73 Å². The van der Waals surface area contributed by atoms with Crippen LogP contribution in [0.1, 0.15) is 24.8 Å². The Balaban J connectivity index is 2.49. The van der Waals surface area contributed by atoms with Crippen LogP contribution in [0.25, 0.3) is 0 Å². The van der Waals surface area contributed by atoms with Crippen molar-refractivity contribution in [2.24, 2.45) is 5.73 Å². The molecular formula is C13H19N3O4S. The predicted molar refractivity (Wildman–Crippen MR) is 78.4 cm³/mol. The summed E-state index contributed by atoms with van der Waals surface area (Å²) in [7, 11) is -3.76. The third-order valence-electron chi connectivity index (χ3n) is 3.88. The number of rotatable bonds is 4. The van der Waals surface area contributed by atoms with Gasteiger partial charge >= 0.3 is 0 Å². The lowest BCUT2D eigenvalue weighted by Gasteiger charge is -2.34. The lowest BCUT2D eigenvalue weighted by Crippen LogP contribution is -2.47. The number of nitro groups is 1. The average Bonchev–Trinajstić information content (AvgIpc) is 2.46. The van der Waals surface area contributed by atoms with Gasteiger partial charge in [0.2, 0.25) is 10.0 Å². The van der Waals surface area contributed by atoms with E-state index in [1.807, 2.05) is 0 Å². The fourth-order valence-electron chi connectivity index (χ4n) is 2.73. The van der Waals surface area contributed by atoms with Gasteiger partial charge in [0.1, 0.15) is 0 Å². The van der Waals surface area contributed by atoms with Crippen molar-refractivity contribution in [2.45, 2.75) is 37.1 Å². The quantitative estimate of drug-likeness (QED) is 0.668. The van der Waals surface area contributed by atoms with E-state index in [-0.39, 0.29) is 28.7 Å². The smallest absolute Gasteiger partial charge is 0.273 e. The van der Waals surface area contributed by atoms with Crippen molar-refractivity contribution >= 4 is 15.7 Å². The number of benzene rings is 1. The summed E-state index contributed by atoms with van der Waals surface area (Å²) in [5.74, 6) is 0. The van der Waals surface area contributed by atoms with Crippen molar-refractivity contribution < 1.29 is 13.3 Å². The molecule has 0 amide bonds. The summed E-state index contributed by atoms with van der Waals surface area (Å²) in [5.41, 5.74) is 5.66. The van der Waals surface area contributed by atoms with E-state index >= 15 is 0 Å². The molecule has 0 aromatic heterocycles. The van der Waals surface area contributed by atoms with Gasteiger partial charge in [-0.1, -0.05) is 12.5 Å². The van der Waals surface area contributed by atoms with Crippen molar-refractivity contribution in [1.82, 2.24) is 4.31 Å². The molecule has 0 spiro atoms. The van der Waals surface area contributed by atoms with Gasteiger partial charge in [-0.3, -0.25) is 10.1 Å². The van der Waals surface area contributed by atoms with E-state index < -0.39 is 14.9 Å². The molecule has 2 N–H and O–H groups in total. The minimum atomic E-state index is -3.76. The van der Waals surface area contributed by atoms with Gasteiger partial charge in [0.05, 0.1) is 9.82 Å². The second-order valence-corrected chi connectivity index (χ2v) is 7.02. The van der Waals surface area contributed by atoms with Crippen molar-refractivity contribution in [1.29, 1.82) is 0 Å². The third-order valence-corrected chi connectivity index (χ3v) is 5.98. The van der Waals surface area contributed by atoms with Crippen molar-refractivity contribution in [3.63, 3.8) is 0 Å². The first kappa shape index (κ1) is 15.9. The molecule has 1 aromatic carbocycles. The number of hydrogen-bond acceptors (Lipinski definition) is 5. The van der Waals surface area contributed by atoms with Crippen LogP contribution in [-0.4, -0.2) is 36.8 Å². The Hall–Kier alpha value is -1.51. The van der Waals surface area contributed by atoms with E-state index in [1.54, 1.807) is 0 Å². The Morgan fingerprint density at radius 1 is 1.43 bits per heavy atom. The maximum absolute atomic E-state index is 12.8. The summed E-state index contributed by atoms with van der Waals surface area (Å²) >= 11 is 0. The molecule has 0 saturated carbocycles. The number of nitrogens with two attached hydrogens (primary N) is 1. The third kappa shape index (κ3) is 2.92. The van der Waals surface area contributed by atoms with Crippen molar-refractivity contribution in [3.8, 4) is 0 Å². The van der Waals surface area contributed by atoms with Crippen LogP contribution in [0.5, 0.6) is 0 Å². The number of hydrogen-bond donors (Lipinski definition) is 1. The summed E-state index contributed by atoms with van der Waals surface area (Å²) < 4.78 is 27.0. The van der Waals surface area contributed by atoms with Crippen LogP contribution in [0, 0.1) is 17.0 Å². The van der Waals surface area contributed by atoms with Gasteiger partial charge in [-0.25, -0.2) is 8.42 Å². The van der Waals surface area contributed by atoms with E-state index in [9.17, 15) is 18.5 Å².